The Hall–Kier alpha value is -3.61. The van der Waals surface area contributed by atoms with Crippen molar-refractivity contribution < 1.29 is 19.1 Å². The smallest absolute Gasteiger partial charge is 0.246 e. The Morgan fingerprint density at radius 2 is 1.80 bits per heavy atom. The maximum Gasteiger partial charge on any atom is 0.246 e. The minimum atomic E-state index is -0.667. The van der Waals surface area contributed by atoms with Gasteiger partial charge in [-0.15, -0.1) is 0 Å². The van der Waals surface area contributed by atoms with E-state index in [1.807, 2.05) is 56.3 Å². The number of para-hydroxylation sites is 1. The van der Waals surface area contributed by atoms with Crippen molar-refractivity contribution in [2.75, 3.05) is 12.4 Å². The van der Waals surface area contributed by atoms with Gasteiger partial charge in [-0.05, 0) is 69.0 Å². The van der Waals surface area contributed by atoms with Gasteiger partial charge in [-0.3, -0.25) is 9.59 Å². The van der Waals surface area contributed by atoms with Crippen LogP contribution in [0.15, 0.2) is 42.5 Å². The third kappa shape index (κ3) is 7.18. The van der Waals surface area contributed by atoms with Gasteiger partial charge in [0.2, 0.25) is 11.8 Å². The Morgan fingerprint density at radius 3 is 2.51 bits per heavy atom. The van der Waals surface area contributed by atoms with Crippen LogP contribution in [0.1, 0.15) is 55.8 Å². The van der Waals surface area contributed by atoms with Crippen molar-refractivity contribution in [3.63, 3.8) is 0 Å². The molecule has 0 fully saturated rings. The summed E-state index contributed by atoms with van der Waals surface area (Å²) in [6.45, 7) is 5.45. The summed E-state index contributed by atoms with van der Waals surface area (Å²) in [6, 6.07) is 12.6. The summed E-state index contributed by atoms with van der Waals surface area (Å²) in [6.07, 6.45) is 3.54. The van der Waals surface area contributed by atoms with Crippen LogP contribution < -0.4 is 15.4 Å². The fourth-order valence-corrected chi connectivity index (χ4v) is 4.22. The van der Waals surface area contributed by atoms with Crippen molar-refractivity contribution in [1.29, 1.82) is 0 Å². The highest BCUT2D eigenvalue weighted by Gasteiger charge is 2.22. The van der Waals surface area contributed by atoms with Gasteiger partial charge >= 0.3 is 0 Å². The largest absolute Gasteiger partial charge is 0.497 e. The number of amides is 2. The number of rotatable bonds is 12. The minimum absolute atomic E-state index is 0.150. The summed E-state index contributed by atoms with van der Waals surface area (Å²) in [7, 11) is 1.61. The molecule has 35 heavy (non-hydrogen) atoms. The number of unbranched alkanes of at least 4 members (excludes halogenated alkanes) is 2. The molecular weight excluding hydrogens is 442 g/mol. The predicted octanol–water partition coefficient (Wildman–Crippen LogP) is 5.00. The van der Waals surface area contributed by atoms with Gasteiger partial charge in [0.05, 0.1) is 13.5 Å². The summed E-state index contributed by atoms with van der Waals surface area (Å²) in [4.78, 5) is 40.8. The minimum Gasteiger partial charge on any atom is -0.497 e. The van der Waals surface area contributed by atoms with Gasteiger partial charge in [-0.1, -0.05) is 31.0 Å². The van der Waals surface area contributed by atoms with Gasteiger partial charge in [0.15, 0.2) is 0 Å². The maximum atomic E-state index is 13.1. The molecule has 1 unspecified atom stereocenters. The van der Waals surface area contributed by atoms with E-state index in [1.165, 1.54) is 0 Å². The first-order chi connectivity index (χ1) is 16.8. The average molecular weight is 478 g/mol. The van der Waals surface area contributed by atoms with Gasteiger partial charge in [0, 0.05) is 28.7 Å². The Morgan fingerprint density at radius 1 is 1.03 bits per heavy atom. The van der Waals surface area contributed by atoms with E-state index in [4.69, 9.17) is 4.74 Å². The van der Waals surface area contributed by atoms with E-state index in [2.05, 4.69) is 15.6 Å². The van der Waals surface area contributed by atoms with Crippen LogP contribution in [-0.2, 0) is 20.8 Å². The number of methoxy groups -OCH3 is 1. The molecule has 1 aromatic heterocycles. The lowest BCUT2D eigenvalue weighted by Crippen LogP contribution is -2.44. The number of carbonyl (C=O) groups excluding carboxylic acids is 3. The highest BCUT2D eigenvalue weighted by Crippen LogP contribution is 2.27. The molecule has 3 aromatic rings. The SMILES string of the molecule is COc1ccc2[nH]c(C)c(CC(=O)NC(CCCCCC(C)=O)C(=O)Nc3ccccc3C)c2c1. The van der Waals surface area contributed by atoms with Gasteiger partial charge in [0.1, 0.15) is 17.6 Å². The van der Waals surface area contributed by atoms with E-state index in [0.29, 0.717) is 12.8 Å². The second-order valence-corrected chi connectivity index (χ2v) is 9.04. The number of hydrogen-bond donors (Lipinski definition) is 3. The molecule has 2 amide bonds. The topological polar surface area (TPSA) is 100 Å². The van der Waals surface area contributed by atoms with Crippen LogP contribution in [0.4, 0.5) is 5.69 Å². The van der Waals surface area contributed by atoms with Crippen LogP contribution in [0.25, 0.3) is 10.9 Å². The molecule has 0 spiro atoms. The molecule has 0 saturated heterocycles. The van der Waals surface area contributed by atoms with E-state index in [-0.39, 0.29) is 24.0 Å². The van der Waals surface area contributed by atoms with Crippen molar-refractivity contribution in [2.24, 2.45) is 0 Å². The van der Waals surface area contributed by atoms with Gasteiger partial charge < -0.3 is 25.1 Å². The summed E-state index contributed by atoms with van der Waals surface area (Å²) in [5.74, 6) is 0.430. The lowest BCUT2D eigenvalue weighted by atomic mass is 10.0. The molecule has 1 atom stereocenters. The zero-order chi connectivity index (χ0) is 25.4. The Balaban J connectivity index is 1.72. The molecule has 0 aliphatic heterocycles. The summed E-state index contributed by atoms with van der Waals surface area (Å²) < 4.78 is 5.34. The van der Waals surface area contributed by atoms with E-state index < -0.39 is 6.04 Å². The van der Waals surface area contributed by atoms with Crippen LogP contribution in [0.2, 0.25) is 0 Å². The second kappa shape index (κ2) is 12.2. The first-order valence-corrected chi connectivity index (χ1v) is 12.1. The number of nitrogens with one attached hydrogen (secondary N) is 3. The number of Topliss-reactive ketones (excluding diaryl/α,β-unsaturated/α-hetero) is 1. The average Bonchev–Trinajstić information content (AvgIpc) is 3.13. The molecule has 0 saturated carbocycles. The monoisotopic (exact) mass is 477 g/mol. The fraction of sp³-hybridized carbons (Fsp3) is 0.393. The number of H-pyrrole nitrogens is 1. The highest BCUT2D eigenvalue weighted by molar-refractivity contribution is 5.98. The number of ether oxygens (including phenoxy) is 1. The molecule has 186 valence electrons. The zero-order valence-electron chi connectivity index (χ0n) is 21.0. The van der Waals surface area contributed by atoms with E-state index in [1.54, 1.807) is 14.0 Å². The molecule has 3 N–H and O–H groups in total. The molecule has 7 heteroatoms. The standard InChI is InChI=1S/C28H35N3O4/c1-18-10-8-9-12-24(18)31-28(34)26(13-7-5-6-11-19(2)32)30-27(33)17-22-20(3)29-25-15-14-21(35-4)16-23(22)25/h8-10,12,14-16,26,29H,5-7,11,13,17H2,1-4H3,(H,30,33)(H,31,34). The Bertz CT molecular complexity index is 1200. The van der Waals surface area contributed by atoms with Crippen LogP contribution in [0.3, 0.4) is 0 Å². The second-order valence-electron chi connectivity index (χ2n) is 9.04. The predicted molar refractivity (Wildman–Crippen MR) is 139 cm³/mol. The van der Waals surface area contributed by atoms with Crippen LogP contribution >= 0.6 is 0 Å². The summed E-state index contributed by atoms with van der Waals surface area (Å²) in [5, 5.41) is 6.84. The lowest BCUT2D eigenvalue weighted by molar-refractivity contribution is -0.126. The molecule has 0 radical (unpaired) electrons. The number of benzene rings is 2. The molecule has 3 rings (SSSR count). The molecule has 0 bridgehead atoms. The first-order valence-electron chi connectivity index (χ1n) is 12.1. The number of aromatic amines is 1. The van der Waals surface area contributed by atoms with Crippen molar-refractivity contribution in [3.8, 4) is 5.75 Å². The molecule has 2 aromatic carbocycles. The molecule has 0 aliphatic rings. The number of aryl methyl sites for hydroxylation is 2. The summed E-state index contributed by atoms with van der Waals surface area (Å²) in [5.41, 5.74) is 4.42. The van der Waals surface area contributed by atoms with E-state index in [9.17, 15) is 14.4 Å². The number of anilines is 1. The van der Waals surface area contributed by atoms with Crippen LogP contribution in [0.5, 0.6) is 5.75 Å². The van der Waals surface area contributed by atoms with E-state index >= 15 is 0 Å². The Kier molecular flexibility index (Phi) is 9.06. The van der Waals surface area contributed by atoms with Crippen LogP contribution in [0, 0.1) is 13.8 Å². The lowest BCUT2D eigenvalue weighted by Gasteiger charge is -2.19. The molecule has 7 nitrogen and oxygen atoms in total. The van der Waals surface area contributed by atoms with Crippen molar-refractivity contribution in [1.82, 2.24) is 10.3 Å². The van der Waals surface area contributed by atoms with Crippen molar-refractivity contribution in [2.45, 2.75) is 65.3 Å². The number of aromatic nitrogens is 1. The zero-order valence-corrected chi connectivity index (χ0v) is 21.0. The first kappa shape index (κ1) is 26.0. The normalized spacial score (nSPS) is 11.8. The van der Waals surface area contributed by atoms with E-state index in [0.717, 1.165) is 58.4 Å². The molecular formula is C28H35N3O4. The molecule has 1 heterocycles. The quantitative estimate of drug-likeness (QED) is 0.320. The Labute approximate surface area is 206 Å². The van der Waals surface area contributed by atoms with Crippen LogP contribution in [-0.4, -0.2) is 35.7 Å². The number of hydrogen-bond acceptors (Lipinski definition) is 4. The van der Waals surface area contributed by atoms with Crippen molar-refractivity contribution in [3.05, 3.63) is 59.3 Å². The van der Waals surface area contributed by atoms with Gasteiger partial charge in [-0.2, -0.15) is 0 Å². The molecule has 0 aliphatic carbocycles. The van der Waals surface area contributed by atoms with Gasteiger partial charge in [0.25, 0.3) is 0 Å². The van der Waals surface area contributed by atoms with Crippen molar-refractivity contribution >= 4 is 34.2 Å². The number of ketones is 1. The maximum absolute atomic E-state index is 13.1. The highest BCUT2D eigenvalue weighted by atomic mass is 16.5. The summed E-state index contributed by atoms with van der Waals surface area (Å²) >= 11 is 0. The number of carbonyl (C=O) groups is 3. The fourth-order valence-electron chi connectivity index (χ4n) is 4.22. The number of fused-ring (bicyclic) bond motifs is 1. The third-order valence-electron chi connectivity index (χ3n) is 6.24. The van der Waals surface area contributed by atoms with Gasteiger partial charge in [-0.25, -0.2) is 0 Å². The third-order valence-corrected chi connectivity index (χ3v) is 6.24.